The predicted molar refractivity (Wildman–Crippen MR) is 105 cm³/mol. The van der Waals surface area contributed by atoms with Crippen LogP contribution in [0, 0.1) is 6.92 Å². The number of carbonyl (C=O) groups excluding carboxylic acids is 2. The molecule has 2 heterocycles. The minimum Gasteiger partial charge on any atom is -0.378 e. The smallest absolute Gasteiger partial charge is 0.258 e. The van der Waals surface area contributed by atoms with Crippen LogP contribution in [0.5, 0.6) is 0 Å². The van der Waals surface area contributed by atoms with Crippen LogP contribution in [0.2, 0.25) is 0 Å². The molecular weight excluding hydrogens is 356 g/mol. The molecule has 6 heteroatoms. The Kier molecular flexibility index (Phi) is 5.41. The molecule has 28 heavy (non-hydrogen) atoms. The number of anilines is 1. The Bertz CT molecular complexity index is 890. The summed E-state index contributed by atoms with van der Waals surface area (Å²) in [6.07, 6.45) is 0.172. The Morgan fingerprint density at radius 3 is 2.64 bits per heavy atom. The Hall–Kier alpha value is -2.70. The van der Waals surface area contributed by atoms with E-state index >= 15 is 0 Å². The SMILES string of the molecule is Cc1c(NC(=O)C2OCCc3ccccc32)cccc1C(=O)N1CCOCC1. The molecule has 2 aliphatic heterocycles. The molecule has 6 nitrogen and oxygen atoms in total. The van der Waals surface area contributed by atoms with E-state index in [1.54, 1.807) is 17.0 Å². The molecule has 146 valence electrons. The third-order valence-corrected chi connectivity index (χ3v) is 5.35. The number of rotatable bonds is 3. The van der Waals surface area contributed by atoms with Gasteiger partial charge in [-0.15, -0.1) is 0 Å². The van der Waals surface area contributed by atoms with Gasteiger partial charge in [0.25, 0.3) is 11.8 Å². The summed E-state index contributed by atoms with van der Waals surface area (Å²) in [4.78, 5) is 27.6. The third kappa shape index (κ3) is 3.66. The highest BCUT2D eigenvalue weighted by Crippen LogP contribution is 2.29. The lowest BCUT2D eigenvalue weighted by Crippen LogP contribution is -2.41. The molecular formula is C22H24N2O4. The van der Waals surface area contributed by atoms with Gasteiger partial charge in [0, 0.05) is 24.3 Å². The van der Waals surface area contributed by atoms with Crippen molar-refractivity contribution < 1.29 is 19.1 Å². The summed E-state index contributed by atoms with van der Waals surface area (Å²) < 4.78 is 11.1. The van der Waals surface area contributed by atoms with Crippen molar-refractivity contribution in [2.75, 3.05) is 38.2 Å². The summed E-state index contributed by atoms with van der Waals surface area (Å²) in [6.45, 7) is 4.66. The van der Waals surface area contributed by atoms with Crippen LogP contribution >= 0.6 is 0 Å². The number of nitrogens with one attached hydrogen (secondary N) is 1. The van der Waals surface area contributed by atoms with Crippen molar-refractivity contribution >= 4 is 17.5 Å². The number of carbonyl (C=O) groups is 2. The molecule has 1 saturated heterocycles. The average molecular weight is 380 g/mol. The highest BCUT2D eigenvalue weighted by Gasteiger charge is 2.28. The molecule has 1 atom stereocenters. The van der Waals surface area contributed by atoms with Crippen molar-refractivity contribution in [2.24, 2.45) is 0 Å². The Morgan fingerprint density at radius 1 is 1.04 bits per heavy atom. The minimum absolute atomic E-state index is 0.0313. The molecule has 2 aromatic rings. The van der Waals surface area contributed by atoms with Crippen LogP contribution in [0.1, 0.15) is 33.2 Å². The van der Waals surface area contributed by atoms with Gasteiger partial charge in [-0.2, -0.15) is 0 Å². The molecule has 2 aromatic carbocycles. The number of ether oxygens (including phenoxy) is 2. The highest BCUT2D eigenvalue weighted by atomic mass is 16.5. The number of amides is 2. The van der Waals surface area contributed by atoms with Gasteiger partial charge in [-0.05, 0) is 42.2 Å². The van der Waals surface area contributed by atoms with E-state index in [4.69, 9.17) is 9.47 Å². The van der Waals surface area contributed by atoms with Crippen LogP contribution in [0.15, 0.2) is 42.5 Å². The van der Waals surface area contributed by atoms with E-state index in [9.17, 15) is 9.59 Å². The summed E-state index contributed by atoms with van der Waals surface area (Å²) in [5, 5.41) is 2.96. The van der Waals surface area contributed by atoms with E-state index in [1.165, 1.54) is 0 Å². The predicted octanol–water partition coefficient (Wildman–Crippen LogP) is 2.72. The van der Waals surface area contributed by atoms with Gasteiger partial charge in [-0.3, -0.25) is 9.59 Å². The van der Waals surface area contributed by atoms with Gasteiger partial charge in [0.1, 0.15) is 0 Å². The van der Waals surface area contributed by atoms with Crippen LogP contribution in [0.25, 0.3) is 0 Å². The zero-order valence-electron chi connectivity index (χ0n) is 15.9. The molecule has 0 saturated carbocycles. The molecule has 0 spiro atoms. The first kappa shape index (κ1) is 18.7. The van der Waals surface area contributed by atoms with Gasteiger partial charge in [0.05, 0.1) is 19.8 Å². The zero-order valence-corrected chi connectivity index (χ0v) is 15.9. The van der Waals surface area contributed by atoms with Crippen LogP contribution in [-0.4, -0.2) is 49.6 Å². The fraction of sp³-hybridized carbons (Fsp3) is 0.364. The first-order chi connectivity index (χ1) is 13.6. The molecule has 0 radical (unpaired) electrons. The second kappa shape index (κ2) is 8.12. The molecule has 1 unspecified atom stereocenters. The number of morpholine rings is 1. The van der Waals surface area contributed by atoms with E-state index in [0.717, 1.165) is 23.1 Å². The summed E-state index contributed by atoms with van der Waals surface area (Å²) in [5.74, 6) is -0.248. The monoisotopic (exact) mass is 380 g/mol. The van der Waals surface area contributed by atoms with Crippen molar-refractivity contribution in [3.05, 3.63) is 64.7 Å². The van der Waals surface area contributed by atoms with Crippen molar-refractivity contribution in [1.82, 2.24) is 4.90 Å². The van der Waals surface area contributed by atoms with Gasteiger partial charge in [0.2, 0.25) is 0 Å². The zero-order chi connectivity index (χ0) is 19.5. The maximum absolute atomic E-state index is 12.9. The largest absolute Gasteiger partial charge is 0.378 e. The molecule has 2 aliphatic rings. The van der Waals surface area contributed by atoms with E-state index < -0.39 is 6.10 Å². The minimum atomic E-state index is -0.636. The number of benzene rings is 2. The van der Waals surface area contributed by atoms with Crippen molar-refractivity contribution in [1.29, 1.82) is 0 Å². The second-order valence-electron chi connectivity index (χ2n) is 7.07. The summed E-state index contributed by atoms with van der Waals surface area (Å²) in [7, 11) is 0. The number of hydrogen-bond acceptors (Lipinski definition) is 4. The maximum Gasteiger partial charge on any atom is 0.258 e. The molecule has 2 amide bonds. The highest BCUT2D eigenvalue weighted by molar-refractivity contribution is 6.00. The number of fused-ring (bicyclic) bond motifs is 1. The lowest BCUT2D eigenvalue weighted by Gasteiger charge is -2.28. The quantitative estimate of drug-likeness (QED) is 0.889. The fourth-order valence-corrected chi connectivity index (χ4v) is 3.75. The fourth-order valence-electron chi connectivity index (χ4n) is 3.75. The molecule has 0 bridgehead atoms. The van der Waals surface area contributed by atoms with Crippen LogP contribution in [0.3, 0.4) is 0 Å². The summed E-state index contributed by atoms with van der Waals surface area (Å²) in [6, 6.07) is 13.3. The van der Waals surface area contributed by atoms with Gasteiger partial charge in [-0.25, -0.2) is 0 Å². The second-order valence-corrected chi connectivity index (χ2v) is 7.07. The van der Waals surface area contributed by atoms with E-state index in [1.807, 2.05) is 37.3 Å². The molecule has 1 N–H and O–H groups in total. The standard InChI is InChI=1S/C22H24N2O4/c1-15-17(22(26)24-10-13-27-14-11-24)7-4-8-19(15)23-21(25)20-18-6-3-2-5-16(18)9-12-28-20/h2-8,20H,9-14H2,1H3,(H,23,25). The van der Waals surface area contributed by atoms with Gasteiger partial charge >= 0.3 is 0 Å². The average Bonchev–Trinajstić information content (AvgIpc) is 2.75. The van der Waals surface area contributed by atoms with Crippen molar-refractivity contribution in [2.45, 2.75) is 19.4 Å². The molecule has 4 rings (SSSR count). The summed E-state index contributed by atoms with van der Waals surface area (Å²) >= 11 is 0. The maximum atomic E-state index is 12.9. The lowest BCUT2D eigenvalue weighted by molar-refractivity contribution is -0.128. The number of nitrogens with zero attached hydrogens (tertiary/aromatic N) is 1. The normalized spacial score (nSPS) is 19.0. The Balaban J connectivity index is 1.54. The molecule has 0 aliphatic carbocycles. The van der Waals surface area contributed by atoms with Gasteiger partial charge in [-0.1, -0.05) is 30.3 Å². The van der Waals surface area contributed by atoms with Crippen LogP contribution in [-0.2, 0) is 20.7 Å². The number of hydrogen-bond donors (Lipinski definition) is 1. The topological polar surface area (TPSA) is 67.9 Å². The van der Waals surface area contributed by atoms with Crippen molar-refractivity contribution in [3.8, 4) is 0 Å². The Labute approximate surface area is 164 Å². The van der Waals surface area contributed by atoms with Gasteiger partial charge in [0.15, 0.2) is 6.10 Å². The van der Waals surface area contributed by atoms with E-state index in [2.05, 4.69) is 5.32 Å². The lowest BCUT2D eigenvalue weighted by atomic mass is 9.97. The van der Waals surface area contributed by atoms with Crippen LogP contribution < -0.4 is 5.32 Å². The van der Waals surface area contributed by atoms with Crippen molar-refractivity contribution in [3.63, 3.8) is 0 Å². The first-order valence-corrected chi connectivity index (χ1v) is 9.62. The van der Waals surface area contributed by atoms with E-state index in [0.29, 0.717) is 44.2 Å². The van der Waals surface area contributed by atoms with Crippen LogP contribution in [0.4, 0.5) is 5.69 Å². The first-order valence-electron chi connectivity index (χ1n) is 9.62. The molecule has 1 fully saturated rings. The molecule has 0 aromatic heterocycles. The Morgan fingerprint density at radius 2 is 1.82 bits per heavy atom. The van der Waals surface area contributed by atoms with E-state index in [-0.39, 0.29) is 11.8 Å². The summed E-state index contributed by atoms with van der Waals surface area (Å²) in [5.41, 5.74) is 4.04. The van der Waals surface area contributed by atoms with Gasteiger partial charge < -0.3 is 19.7 Å². The third-order valence-electron chi connectivity index (χ3n) is 5.35.